The van der Waals surface area contributed by atoms with Crippen molar-refractivity contribution in [2.45, 2.75) is 31.7 Å². The molecule has 3 heterocycles. The first kappa shape index (κ1) is 21.6. The fourth-order valence-corrected chi connectivity index (χ4v) is 5.57. The highest BCUT2D eigenvalue weighted by molar-refractivity contribution is 7.89. The van der Waals surface area contributed by atoms with Crippen molar-refractivity contribution in [3.8, 4) is 11.5 Å². The number of fused-ring (bicyclic) bond motifs is 1. The minimum absolute atomic E-state index is 0.118. The fraction of sp³-hybridized carbons (Fsp3) is 0.500. The molecular formula is C20H26N4O6S. The standard InChI is InChI=1S/C20H26N4O6S/c1-13(16-4-5-17-18(10-16)29-12-28-17)21-19(25)11-23-6-8-24(9-7-23)31(26,27)20-14(2)22-30-15(20)3/h4-5,10,13H,6-9,11-12H2,1-3H3,(H,21,25). The molecular weight excluding hydrogens is 424 g/mol. The van der Waals surface area contributed by atoms with Crippen LogP contribution < -0.4 is 14.8 Å². The maximum absolute atomic E-state index is 12.9. The summed E-state index contributed by atoms with van der Waals surface area (Å²) in [6.45, 7) is 7.06. The second kappa shape index (κ2) is 8.48. The summed E-state index contributed by atoms with van der Waals surface area (Å²) in [5, 5.41) is 6.73. The summed E-state index contributed by atoms with van der Waals surface area (Å²) in [5.41, 5.74) is 1.28. The van der Waals surface area contributed by atoms with Crippen molar-refractivity contribution >= 4 is 15.9 Å². The number of piperazine rings is 1. The third-order valence-corrected chi connectivity index (χ3v) is 7.68. The summed E-state index contributed by atoms with van der Waals surface area (Å²) >= 11 is 0. The number of carbonyl (C=O) groups is 1. The molecule has 11 heteroatoms. The molecule has 0 spiro atoms. The second-order valence-corrected chi connectivity index (χ2v) is 9.61. The van der Waals surface area contributed by atoms with Gasteiger partial charge in [-0.1, -0.05) is 11.2 Å². The minimum Gasteiger partial charge on any atom is -0.454 e. The second-order valence-electron chi connectivity index (χ2n) is 7.74. The number of aromatic nitrogens is 1. The van der Waals surface area contributed by atoms with E-state index in [9.17, 15) is 13.2 Å². The van der Waals surface area contributed by atoms with Crippen LogP contribution in [0.15, 0.2) is 27.6 Å². The van der Waals surface area contributed by atoms with Crippen molar-refractivity contribution in [2.75, 3.05) is 39.5 Å². The molecule has 0 bridgehead atoms. The Kier molecular flexibility index (Phi) is 5.91. The van der Waals surface area contributed by atoms with Gasteiger partial charge in [0.2, 0.25) is 22.7 Å². The quantitative estimate of drug-likeness (QED) is 0.698. The molecule has 1 amide bonds. The molecule has 1 fully saturated rings. The lowest BCUT2D eigenvalue weighted by Gasteiger charge is -2.33. The SMILES string of the molecule is Cc1noc(C)c1S(=O)(=O)N1CCN(CC(=O)NC(C)c2ccc3c(c2)OCO3)CC1. The van der Waals surface area contributed by atoms with Crippen molar-refractivity contribution in [3.63, 3.8) is 0 Å². The number of nitrogens with zero attached hydrogens (tertiary/aromatic N) is 3. The van der Waals surface area contributed by atoms with E-state index in [4.69, 9.17) is 14.0 Å². The van der Waals surface area contributed by atoms with Crippen LogP contribution in [0.4, 0.5) is 0 Å². The number of sulfonamides is 1. The van der Waals surface area contributed by atoms with Gasteiger partial charge in [0.1, 0.15) is 10.6 Å². The van der Waals surface area contributed by atoms with E-state index in [-0.39, 0.29) is 35.9 Å². The van der Waals surface area contributed by atoms with Gasteiger partial charge in [0, 0.05) is 26.2 Å². The minimum atomic E-state index is -3.66. The maximum atomic E-state index is 12.9. The van der Waals surface area contributed by atoms with E-state index in [1.807, 2.05) is 30.0 Å². The highest BCUT2D eigenvalue weighted by Crippen LogP contribution is 2.34. The molecule has 0 saturated carbocycles. The lowest BCUT2D eigenvalue weighted by Crippen LogP contribution is -2.51. The molecule has 1 unspecified atom stereocenters. The van der Waals surface area contributed by atoms with Crippen LogP contribution in [0.2, 0.25) is 0 Å². The van der Waals surface area contributed by atoms with Crippen molar-refractivity contribution in [1.82, 2.24) is 19.7 Å². The molecule has 2 aliphatic heterocycles. The molecule has 0 radical (unpaired) electrons. The Bertz CT molecular complexity index is 1060. The molecule has 0 aliphatic carbocycles. The number of benzene rings is 1. The van der Waals surface area contributed by atoms with E-state index >= 15 is 0 Å². The van der Waals surface area contributed by atoms with Crippen LogP contribution in [-0.2, 0) is 14.8 Å². The third-order valence-electron chi connectivity index (χ3n) is 5.54. The van der Waals surface area contributed by atoms with Crippen LogP contribution in [0.5, 0.6) is 11.5 Å². The normalized spacial score (nSPS) is 18.2. The average molecular weight is 451 g/mol. The van der Waals surface area contributed by atoms with Crippen molar-refractivity contribution in [1.29, 1.82) is 0 Å². The number of carbonyl (C=O) groups excluding carboxylic acids is 1. The van der Waals surface area contributed by atoms with E-state index in [2.05, 4.69) is 10.5 Å². The largest absolute Gasteiger partial charge is 0.454 e. The van der Waals surface area contributed by atoms with E-state index in [0.29, 0.717) is 43.4 Å². The first-order chi connectivity index (χ1) is 14.8. The van der Waals surface area contributed by atoms with Crippen LogP contribution in [0.25, 0.3) is 0 Å². The number of hydrogen-bond donors (Lipinski definition) is 1. The summed E-state index contributed by atoms with van der Waals surface area (Å²) in [7, 11) is -3.66. The number of ether oxygens (including phenoxy) is 2. The molecule has 1 N–H and O–H groups in total. The van der Waals surface area contributed by atoms with Crippen LogP contribution in [0, 0.1) is 13.8 Å². The van der Waals surface area contributed by atoms with Gasteiger partial charge in [-0.25, -0.2) is 8.42 Å². The molecule has 31 heavy (non-hydrogen) atoms. The number of amides is 1. The molecule has 10 nitrogen and oxygen atoms in total. The molecule has 2 aromatic rings. The average Bonchev–Trinajstić information content (AvgIpc) is 3.33. The topological polar surface area (TPSA) is 114 Å². The van der Waals surface area contributed by atoms with E-state index in [0.717, 1.165) is 5.56 Å². The molecule has 1 atom stereocenters. The van der Waals surface area contributed by atoms with Gasteiger partial charge in [-0.3, -0.25) is 9.69 Å². The summed E-state index contributed by atoms with van der Waals surface area (Å²) in [4.78, 5) is 14.6. The fourth-order valence-electron chi connectivity index (χ4n) is 3.86. The maximum Gasteiger partial charge on any atom is 0.248 e. The smallest absolute Gasteiger partial charge is 0.248 e. The van der Waals surface area contributed by atoms with Crippen LogP contribution >= 0.6 is 0 Å². The summed E-state index contributed by atoms with van der Waals surface area (Å²) in [5.74, 6) is 1.55. The molecule has 2 aliphatic rings. The van der Waals surface area contributed by atoms with Gasteiger partial charge < -0.3 is 19.3 Å². The zero-order valence-electron chi connectivity index (χ0n) is 17.8. The van der Waals surface area contributed by atoms with Crippen LogP contribution in [0.3, 0.4) is 0 Å². The van der Waals surface area contributed by atoms with E-state index in [1.165, 1.54) is 4.31 Å². The molecule has 1 saturated heterocycles. The van der Waals surface area contributed by atoms with Gasteiger partial charge in [-0.05, 0) is 38.5 Å². The third kappa shape index (κ3) is 4.39. The van der Waals surface area contributed by atoms with Gasteiger partial charge in [0.05, 0.1) is 12.6 Å². The zero-order chi connectivity index (χ0) is 22.2. The van der Waals surface area contributed by atoms with Gasteiger partial charge >= 0.3 is 0 Å². The molecule has 168 valence electrons. The predicted molar refractivity (Wildman–Crippen MR) is 110 cm³/mol. The number of rotatable bonds is 6. The predicted octanol–water partition coefficient (Wildman–Crippen LogP) is 1.20. The van der Waals surface area contributed by atoms with Crippen LogP contribution in [-0.4, -0.2) is 68.2 Å². The summed E-state index contributed by atoms with van der Waals surface area (Å²) in [6.07, 6.45) is 0. The van der Waals surface area contributed by atoms with Crippen LogP contribution in [0.1, 0.15) is 30.0 Å². The Labute approximate surface area is 181 Å². The lowest BCUT2D eigenvalue weighted by molar-refractivity contribution is -0.123. The first-order valence-electron chi connectivity index (χ1n) is 10.1. The Morgan fingerprint density at radius 2 is 1.87 bits per heavy atom. The lowest BCUT2D eigenvalue weighted by atomic mass is 10.1. The summed E-state index contributed by atoms with van der Waals surface area (Å²) in [6, 6.07) is 5.41. The first-order valence-corrected chi connectivity index (χ1v) is 11.5. The Morgan fingerprint density at radius 1 is 1.16 bits per heavy atom. The zero-order valence-corrected chi connectivity index (χ0v) is 18.6. The Balaban J connectivity index is 1.30. The van der Waals surface area contributed by atoms with Crippen molar-refractivity contribution in [2.24, 2.45) is 0 Å². The Hall–Kier alpha value is -2.63. The molecule has 1 aromatic heterocycles. The molecule has 1 aromatic carbocycles. The van der Waals surface area contributed by atoms with Crippen molar-refractivity contribution in [3.05, 3.63) is 35.2 Å². The van der Waals surface area contributed by atoms with Gasteiger partial charge in [-0.2, -0.15) is 4.31 Å². The highest BCUT2D eigenvalue weighted by atomic mass is 32.2. The number of nitrogens with one attached hydrogen (secondary N) is 1. The number of aryl methyl sites for hydroxylation is 2. The van der Waals surface area contributed by atoms with Gasteiger partial charge in [0.25, 0.3) is 0 Å². The monoisotopic (exact) mass is 450 g/mol. The van der Waals surface area contributed by atoms with E-state index in [1.54, 1.807) is 13.8 Å². The molecule has 4 rings (SSSR count). The van der Waals surface area contributed by atoms with Crippen molar-refractivity contribution < 1.29 is 27.2 Å². The highest BCUT2D eigenvalue weighted by Gasteiger charge is 2.33. The van der Waals surface area contributed by atoms with Gasteiger partial charge in [-0.15, -0.1) is 0 Å². The number of hydrogen-bond acceptors (Lipinski definition) is 8. The van der Waals surface area contributed by atoms with E-state index < -0.39 is 10.0 Å². The van der Waals surface area contributed by atoms with Gasteiger partial charge in [0.15, 0.2) is 17.3 Å². The Morgan fingerprint density at radius 3 is 2.55 bits per heavy atom. The summed E-state index contributed by atoms with van der Waals surface area (Å²) < 4.78 is 43.0.